The topological polar surface area (TPSA) is 95.6 Å². The van der Waals surface area contributed by atoms with Gasteiger partial charge in [0.05, 0.1) is 11.1 Å². The number of benzene rings is 2. The maximum atomic E-state index is 13.9. The minimum Gasteiger partial charge on any atom is -0.319 e. The molecule has 5 rings (SSSR count). The van der Waals surface area contributed by atoms with Gasteiger partial charge in [-0.1, -0.05) is 64.1 Å². The fourth-order valence-electron chi connectivity index (χ4n) is 5.70. The molecule has 1 fully saturated rings. The van der Waals surface area contributed by atoms with Crippen LogP contribution in [0.4, 0.5) is 23.0 Å². The van der Waals surface area contributed by atoms with E-state index >= 15 is 0 Å². The molecule has 2 heterocycles. The monoisotopic (exact) mass is 625 g/mol. The van der Waals surface area contributed by atoms with Crippen molar-refractivity contribution < 1.29 is 32.3 Å². The van der Waals surface area contributed by atoms with Crippen LogP contribution in [-0.4, -0.2) is 35.1 Å². The quantitative estimate of drug-likeness (QED) is 0.232. The molecule has 0 radical (unpaired) electrons. The summed E-state index contributed by atoms with van der Waals surface area (Å²) in [4.78, 5) is 55.1. The summed E-state index contributed by atoms with van der Waals surface area (Å²) in [5.74, 6) is -1.37. The molecular formula is C33H34F3N3O4S. The summed E-state index contributed by atoms with van der Waals surface area (Å²) in [5.41, 5.74) is -0.0190. The van der Waals surface area contributed by atoms with Gasteiger partial charge in [0.1, 0.15) is 17.1 Å². The first-order valence-corrected chi connectivity index (χ1v) is 15.2. The van der Waals surface area contributed by atoms with Crippen molar-refractivity contribution in [2.24, 2.45) is 5.92 Å². The van der Waals surface area contributed by atoms with Crippen molar-refractivity contribution in [1.29, 1.82) is 0 Å². The number of alkyl halides is 3. The van der Waals surface area contributed by atoms with Gasteiger partial charge >= 0.3 is 12.2 Å². The zero-order chi connectivity index (χ0) is 32.2. The number of imide groups is 1. The first kappa shape index (κ1) is 31.4. The Kier molecular flexibility index (Phi) is 7.99. The van der Waals surface area contributed by atoms with Gasteiger partial charge in [0.15, 0.2) is 5.78 Å². The van der Waals surface area contributed by atoms with Crippen molar-refractivity contribution in [3.8, 4) is 0 Å². The first-order chi connectivity index (χ1) is 20.5. The number of rotatable bonds is 6. The molecule has 2 atom stereocenters. The highest BCUT2D eigenvalue weighted by Gasteiger charge is 2.50. The number of hydrogen-bond donors (Lipinski definition) is 2. The first-order valence-electron chi connectivity index (χ1n) is 14.4. The lowest BCUT2D eigenvalue weighted by Gasteiger charge is -2.23. The van der Waals surface area contributed by atoms with Crippen LogP contribution < -0.4 is 10.6 Å². The summed E-state index contributed by atoms with van der Waals surface area (Å²) in [7, 11) is 0. The Labute approximate surface area is 257 Å². The van der Waals surface area contributed by atoms with E-state index in [1.807, 2.05) is 12.1 Å². The van der Waals surface area contributed by atoms with Crippen molar-refractivity contribution in [2.45, 2.75) is 71.0 Å². The number of amides is 4. The minimum atomic E-state index is -4.64. The Morgan fingerprint density at radius 1 is 1.07 bits per heavy atom. The summed E-state index contributed by atoms with van der Waals surface area (Å²) in [6.07, 6.45) is -2.29. The van der Waals surface area contributed by atoms with E-state index in [-0.39, 0.29) is 16.8 Å². The van der Waals surface area contributed by atoms with Gasteiger partial charge in [0.2, 0.25) is 5.91 Å². The second-order valence-corrected chi connectivity index (χ2v) is 13.9. The van der Waals surface area contributed by atoms with Crippen LogP contribution in [0.1, 0.15) is 84.1 Å². The van der Waals surface area contributed by atoms with Crippen LogP contribution in [0.15, 0.2) is 48.5 Å². The molecule has 2 aliphatic rings. The molecule has 1 aromatic heterocycles. The molecule has 232 valence electrons. The van der Waals surface area contributed by atoms with E-state index in [0.717, 1.165) is 47.0 Å². The van der Waals surface area contributed by atoms with Crippen LogP contribution in [0.25, 0.3) is 0 Å². The second-order valence-electron chi connectivity index (χ2n) is 12.8. The van der Waals surface area contributed by atoms with Crippen LogP contribution >= 0.6 is 11.3 Å². The SMILES string of the molecule is CC1CCc2c(sc(NC(=O)CN3C(=O)NC(C)(c4cccc(C(F)(F)F)c4)C3=O)c2C(=O)c2ccc(C(C)(C)C)cc2)C1. The third-order valence-electron chi connectivity index (χ3n) is 8.35. The molecule has 0 saturated carbocycles. The summed E-state index contributed by atoms with van der Waals surface area (Å²) >= 11 is 1.32. The fraction of sp³-hybridized carbons (Fsp3) is 0.394. The number of nitrogens with zero attached hydrogens (tertiary/aromatic N) is 1. The van der Waals surface area contributed by atoms with Crippen molar-refractivity contribution >= 4 is 40.0 Å². The highest BCUT2D eigenvalue weighted by atomic mass is 32.1. The Bertz CT molecular complexity index is 1660. The molecule has 2 N–H and O–H groups in total. The van der Waals surface area contributed by atoms with E-state index in [4.69, 9.17) is 0 Å². The molecule has 11 heteroatoms. The van der Waals surface area contributed by atoms with Crippen LogP contribution in [0.3, 0.4) is 0 Å². The summed E-state index contributed by atoms with van der Waals surface area (Å²) < 4.78 is 40.0. The van der Waals surface area contributed by atoms with E-state index in [1.165, 1.54) is 24.3 Å². The zero-order valence-electron chi connectivity index (χ0n) is 25.1. The average molecular weight is 626 g/mol. The van der Waals surface area contributed by atoms with Gasteiger partial charge in [0.25, 0.3) is 5.91 Å². The smallest absolute Gasteiger partial charge is 0.319 e. The fourth-order valence-corrected chi connectivity index (χ4v) is 7.12. The molecule has 4 amide bonds. The third kappa shape index (κ3) is 5.89. The molecule has 1 saturated heterocycles. The number of carbonyl (C=O) groups is 4. The van der Waals surface area contributed by atoms with Crippen molar-refractivity contribution in [3.05, 3.63) is 86.8 Å². The molecule has 0 spiro atoms. The Morgan fingerprint density at radius 2 is 1.75 bits per heavy atom. The molecule has 44 heavy (non-hydrogen) atoms. The standard InChI is InChI=1S/C33H34F3N3O4S/c1-18-9-14-23-24(15-18)44-28(26(23)27(41)19-10-12-20(13-11-19)31(2,3)4)37-25(40)17-39-29(42)32(5,38-30(39)43)21-7-6-8-22(16-21)33(34,35)36/h6-8,10-13,16,18H,9,14-15,17H2,1-5H3,(H,37,40)(H,38,43). The predicted octanol–water partition coefficient (Wildman–Crippen LogP) is 6.83. The van der Waals surface area contributed by atoms with Crippen molar-refractivity contribution in [1.82, 2.24) is 10.2 Å². The number of hydrogen-bond acceptors (Lipinski definition) is 5. The van der Waals surface area contributed by atoms with Gasteiger partial charge in [0, 0.05) is 10.4 Å². The second kappa shape index (κ2) is 11.2. The van der Waals surface area contributed by atoms with E-state index in [9.17, 15) is 32.3 Å². The molecule has 2 aromatic carbocycles. The highest BCUT2D eigenvalue weighted by Crippen LogP contribution is 2.41. The Balaban J connectivity index is 1.40. The summed E-state index contributed by atoms with van der Waals surface area (Å²) in [5, 5.41) is 5.57. The summed E-state index contributed by atoms with van der Waals surface area (Å²) in [6, 6.07) is 10.7. The van der Waals surface area contributed by atoms with Gasteiger partial charge in [-0.2, -0.15) is 13.2 Å². The molecule has 3 aromatic rings. The van der Waals surface area contributed by atoms with Gasteiger partial charge in [-0.05, 0) is 66.3 Å². The number of ketones is 1. The lowest BCUT2D eigenvalue weighted by Crippen LogP contribution is -2.42. The van der Waals surface area contributed by atoms with Crippen LogP contribution in [0, 0.1) is 5.92 Å². The Morgan fingerprint density at radius 3 is 2.39 bits per heavy atom. The predicted molar refractivity (Wildman–Crippen MR) is 162 cm³/mol. The molecule has 2 unspecified atom stereocenters. The Hall–Kier alpha value is -3.99. The maximum Gasteiger partial charge on any atom is 0.416 e. The minimum absolute atomic E-state index is 0.0565. The summed E-state index contributed by atoms with van der Waals surface area (Å²) in [6.45, 7) is 9.01. The normalized spacial score (nSPS) is 20.4. The van der Waals surface area contributed by atoms with Crippen LogP contribution in [0.5, 0.6) is 0 Å². The molecule has 1 aliphatic heterocycles. The number of urea groups is 1. The maximum absolute atomic E-state index is 13.9. The van der Waals surface area contributed by atoms with Gasteiger partial charge in [-0.3, -0.25) is 19.3 Å². The van der Waals surface area contributed by atoms with E-state index in [1.54, 1.807) is 12.1 Å². The lowest BCUT2D eigenvalue weighted by atomic mass is 9.85. The van der Waals surface area contributed by atoms with Crippen LogP contribution in [-0.2, 0) is 39.6 Å². The van der Waals surface area contributed by atoms with E-state index in [2.05, 4.69) is 38.3 Å². The highest BCUT2D eigenvalue weighted by molar-refractivity contribution is 7.17. The molecule has 0 bridgehead atoms. The van der Waals surface area contributed by atoms with Gasteiger partial charge < -0.3 is 10.6 Å². The number of anilines is 1. The number of fused-ring (bicyclic) bond motifs is 1. The number of nitrogens with one attached hydrogen (secondary N) is 2. The van der Waals surface area contributed by atoms with Crippen molar-refractivity contribution in [2.75, 3.05) is 11.9 Å². The lowest BCUT2D eigenvalue weighted by molar-refractivity contribution is -0.138. The zero-order valence-corrected chi connectivity index (χ0v) is 26.0. The van der Waals surface area contributed by atoms with E-state index in [0.29, 0.717) is 33.4 Å². The largest absolute Gasteiger partial charge is 0.416 e. The molecule has 1 aliphatic carbocycles. The number of halogens is 3. The van der Waals surface area contributed by atoms with Gasteiger partial charge in [-0.15, -0.1) is 11.3 Å². The van der Waals surface area contributed by atoms with E-state index < -0.39 is 41.7 Å². The molecule has 7 nitrogen and oxygen atoms in total. The number of thiophene rings is 1. The number of carbonyl (C=O) groups excluding carboxylic acids is 4. The molecular weight excluding hydrogens is 591 g/mol. The van der Waals surface area contributed by atoms with Crippen molar-refractivity contribution in [3.63, 3.8) is 0 Å². The average Bonchev–Trinajstić information content (AvgIpc) is 3.40. The van der Waals surface area contributed by atoms with Crippen LogP contribution in [0.2, 0.25) is 0 Å². The third-order valence-corrected chi connectivity index (χ3v) is 9.52. The van der Waals surface area contributed by atoms with Gasteiger partial charge in [-0.25, -0.2) is 4.79 Å².